The number of rotatable bonds is 5. The monoisotopic (exact) mass is 457 g/mol. The molecule has 6 nitrogen and oxygen atoms in total. The Labute approximate surface area is 185 Å². The molecule has 0 saturated heterocycles. The summed E-state index contributed by atoms with van der Waals surface area (Å²) in [5.41, 5.74) is 1.52. The predicted octanol–water partition coefficient (Wildman–Crippen LogP) is 5.06. The van der Waals surface area contributed by atoms with Crippen molar-refractivity contribution in [3.05, 3.63) is 88.0 Å². The van der Waals surface area contributed by atoms with Crippen molar-refractivity contribution >= 4 is 51.5 Å². The number of nitrogens with zero attached hydrogens (tertiary/aromatic N) is 2. The molecule has 4 rings (SSSR count). The van der Waals surface area contributed by atoms with Gasteiger partial charge in [0.15, 0.2) is 0 Å². The first-order valence-corrected chi connectivity index (χ1v) is 9.80. The lowest BCUT2D eigenvalue weighted by Crippen LogP contribution is -2.23. The molecule has 0 aliphatic carbocycles. The third kappa shape index (κ3) is 4.23. The van der Waals surface area contributed by atoms with Gasteiger partial charge in [-0.1, -0.05) is 35.3 Å². The molecule has 0 unspecified atom stereocenters. The summed E-state index contributed by atoms with van der Waals surface area (Å²) in [5, 5.41) is 12.3. The van der Waals surface area contributed by atoms with Crippen LogP contribution in [0.5, 0.6) is 5.75 Å². The molecular formula is C22H14Cl2FN3O3. The van der Waals surface area contributed by atoms with Gasteiger partial charge in [0.2, 0.25) is 0 Å². The number of carbonyl (C=O) groups excluding carboxylic acids is 2. The molecule has 9 heteroatoms. The fourth-order valence-corrected chi connectivity index (χ4v) is 3.66. The smallest absolute Gasteiger partial charge is 0.296 e. The molecule has 0 fully saturated rings. The fourth-order valence-electron chi connectivity index (χ4n) is 3.20. The molecule has 0 bridgehead atoms. The number of amides is 1. The van der Waals surface area contributed by atoms with Crippen LogP contribution in [0, 0.1) is 5.82 Å². The molecule has 2 aromatic heterocycles. The number of anilines is 1. The molecule has 1 amide bonds. The Balaban J connectivity index is 1.71. The van der Waals surface area contributed by atoms with Crippen LogP contribution in [0.2, 0.25) is 10.0 Å². The number of hydrogen-bond donors (Lipinski definition) is 2. The van der Waals surface area contributed by atoms with Crippen LogP contribution >= 0.6 is 23.2 Å². The van der Waals surface area contributed by atoms with Crippen molar-refractivity contribution in [1.29, 1.82) is 0 Å². The van der Waals surface area contributed by atoms with Gasteiger partial charge in [-0.15, -0.1) is 0 Å². The van der Waals surface area contributed by atoms with E-state index in [2.05, 4.69) is 10.3 Å². The van der Waals surface area contributed by atoms with E-state index in [1.165, 1.54) is 36.8 Å². The number of aromatic nitrogens is 2. The number of fused-ring (bicyclic) bond motifs is 1. The van der Waals surface area contributed by atoms with E-state index in [-0.39, 0.29) is 27.0 Å². The van der Waals surface area contributed by atoms with Crippen LogP contribution in [0.4, 0.5) is 10.1 Å². The van der Waals surface area contributed by atoms with Gasteiger partial charge in [-0.05, 0) is 35.9 Å². The van der Waals surface area contributed by atoms with Gasteiger partial charge in [0, 0.05) is 36.0 Å². The number of pyridine rings is 1. The van der Waals surface area contributed by atoms with E-state index in [4.69, 9.17) is 23.2 Å². The van der Waals surface area contributed by atoms with Crippen molar-refractivity contribution in [2.75, 3.05) is 5.32 Å². The quantitative estimate of drug-likeness (QED) is 0.324. The number of hydrogen-bond acceptors (Lipinski definition) is 4. The molecule has 2 N–H and O–H groups in total. The van der Waals surface area contributed by atoms with Gasteiger partial charge in [-0.3, -0.25) is 14.6 Å². The van der Waals surface area contributed by atoms with E-state index in [0.717, 1.165) is 5.56 Å². The zero-order valence-electron chi connectivity index (χ0n) is 15.8. The summed E-state index contributed by atoms with van der Waals surface area (Å²) in [6, 6.07) is 10.6. The van der Waals surface area contributed by atoms with E-state index in [0.29, 0.717) is 17.4 Å². The molecule has 2 aromatic carbocycles. The van der Waals surface area contributed by atoms with E-state index in [1.807, 2.05) is 0 Å². The van der Waals surface area contributed by atoms with Gasteiger partial charge < -0.3 is 15.0 Å². The summed E-state index contributed by atoms with van der Waals surface area (Å²) in [5.74, 6) is -2.25. The van der Waals surface area contributed by atoms with Crippen LogP contribution in [0.25, 0.3) is 10.9 Å². The minimum Gasteiger partial charge on any atom is -0.508 e. The lowest BCUT2D eigenvalue weighted by atomic mass is 10.1. The molecule has 0 atom stereocenters. The van der Waals surface area contributed by atoms with Crippen molar-refractivity contribution in [2.24, 2.45) is 0 Å². The SMILES string of the molecule is O=C(Nc1c(Cl)cncc1Cl)C(=O)c1cn(Cc2ccc(O)cc2)c2ccc(F)cc12. The van der Waals surface area contributed by atoms with Gasteiger partial charge in [-0.25, -0.2) is 4.39 Å². The zero-order chi connectivity index (χ0) is 22.1. The Hall–Kier alpha value is -3.42. The summed E-state index contributed by atoms with van der Waals surface area (Å²) in [6.45, 7) is 0.347. The Morgan fingerprint density at radius 2 is 1.74 bits per heavy atom. The maximum atomic E-state index is 13.9. The lowest BCUT2D eigenvalue weighted by molar-refractivity contribution is -0.112. The van der Waals surface area contributed by atoms with Crippen molar-refractivity contribution in [3.63, 3.8) is 0 Å². The summed E-state index contributed by atoms with van der Waals surface area (Å²) in [6.07, 6.45) is 4.06. The van der Waals surface area contributed by atoms with Crippen LogP contribution < -0.4 is 5.32 Å². The lowest BCUT2D eigenvalue weighted by Gasteiger charge is -2.07. The van der Waals surface area contributed by atoms with Crippen molar-refractivity contribution in [3.8, 4) is 5.75 Å². The second kappa shape index (κ2) is 8.37. The summed E-state index contributed by atoms with van der Waals surface area (Å²) >= 11 is 12.0. The number of ketones is 1. The molecule has 0 aliphatic rings. The number of halogens is 3. The van der Waals surface area contributed by atoms with Crippen molar-refractivity contribution < 1.29 is 19.1 Å². The summed E-state index contributed by atoms with van der Waals surface area (Å²) in [7, 11) is 0. The molecule has 0 radical (unpaired) electrons. The third-order valence-electron chi connectivity index (χ3n) is 4.68. The number of phenolic OH excluding ortho intramolecular Hbond substituents is 1. The normalized spacial score (nSPS) is 10.9. The van der Waals surface area contributed by atoms with Gasteiger partial charge >= 0.3 is 0 Å². The number of aromatic hydroxyl groups is 1. The maximum absolute atomic E-state index is 13.9. The maximum Gasteiger partial charge on any atom is 0.296 e. The molecule has 156 valence electrons. The van der Waals surface area contributed by atoms with E-state index >= 15 is 0 Å². The average Bonchev–Trinajstić information content (AvgIpc) is 3.09. The fraction of sp³-hybridized carbons (Fsp3) is 0.0455. The Bertz CT molecular complexity index is 1300. The number of nitrogens with one attached hydrogen (secondary N) is 1. The molecular weight excluding hydrogens is 444 g/mol. The second-order valence-corrected chi connectivity index (χ2v) is 7.57. The first-order valence-electron chi connectivity index (χ1n) is 9.04. The highest BCUT2D eigenvalue weighted by Gasteiger charge is 2.24. The van der Waals surface area contributed by atoms with Gasteiger partial charge in [0.05, 0.1) is 21.3 Å². The van der Waals surface area contributed by atoms with Crippen LogP contribution in [0.3, 0.4) is 0 Å². The summed E-state index contributed by atoms with van der Waals surface area (Å²) in [4.78, 5) is 29.3. The second-order valence-electron chi connectivity index (χ2n) is 6.76. The van der Waals surface area contributed by atoms with Crippen LogP contribution in [-0.2, 0) is 11.3 Å². The highest BCUT2D eigenvalue weighted by Crippen LogP contribution is 2.29. The van der Waals surface area contributed by atoms with Gasteiger partial charge in [-0.2, -0.15) is 0 Å². The Morgan fingerprint density at radius 3 is 2.42 bits per heavy atom. The number of carbonyl (C=O) groups is 2. The first-order chi connectivity index (χ1) is 14.8. The topological polar surface area (TPSA) is 84.2 Å². The van der Waals surface area contributed by atoms with Crippen molar-refractivity contribution in [2.45, 2.75) is 6.54 Å². The Morgan fingerprint density at radius 1 is 1.06 bits per heavy atom. The number of phenols is 1. The minimum atomic E-state index is -0.969. The van der Waals surface area contributed by atoms with Crippen LogP contribution in [-0.4, -0.2) is 26.3 Å². The number of Topliss-reactive ketones (excluding diaryl/α,β-unsaturated/α-hetero) is 1. The molecule has 0 spiro atoms. The highest BCUT2D eigenvalue weighted by atomic mass is 35.5. The zero-order valence-corrected chi connectivity index (χ0v) is 17.3. The highest BCUT2D eigenvalue weighted by molar-refractivity contribution is 6.50. The van der Waals surface area contributed by atoms with Crippen LogP contribution in [0.15, 0.2) is 61.1 Å². The van der Waals surface area contributed by atoms with E-state index in [1.54, 1.807) is 28.8 Å². The average molecular weight is 458 g/mol. The van der Waals surface area contributed by atoms with Gasteiger partial charge in [0.1, 0.15) is 11.6 Å². The largest absolute Gasteiger partial charge is 0.508 e. The van der Waals surface area contributed by atoms with Gasteiger partial charge in [0.25, 0.3) is 11.7 Å². The molecule has 2 heterocycles. The molecule has 4 aromatic rings. The predicted molar refractivity (Wildman–Crippen MR) is 116 cm³/mol. The van der Waals surface area contributed by atoms with Crippen molar-refractivity contribution in [1.82, 2.24) is 9.55 Å². The third-order valence-corrected chi connectivity index (χ3v) is 5.25. The first kappa shape index (κ1) is 20.8. The number of benzene rings is 2. The summed E-state index contributed by atoms with van der Waals surface area (Å²) < 4.78 is 15.7. The Kier molecular flexibility index (Phi) is 5.63. The van der Waals surface area contributed by atoms with Crippen LogP contribution in [0.1, 0.15) is 15.9 Å². The molecule has 0 aliphatic heterocycles. The molecule has 0 saturated carbocycles. The molecule has 31 heavy (non-hydrogen) atoms. The standard InChI is InChI=1S/C22H14Cl2FN3O3/c23-17-8-26-9-18(24)20(17)27-22(31)21(30)16-11-28(10-12-1-4-14(29)5-2-12)19-6-3-13(25)7-15(16)19/h1-9,11,29H,10H2,(H,26,27,31). The van der Waals surface area contributed by atoms with E-state index in [9.17, 15) is 19.1 Å². The van der Waals surface area contributed by atoms with E-state index < -0.39 is 17.5 Å². The minimum absolute atomic E-state index is 0.0343.